The van der Waals surface area contributed by atoms with Crippen LogP contribution in [0.25, 0.3) is 0 Å². The highest BCUT2D eigenvalue weighted by molar-refractivity contribution is 5.92. The second kappa shape index (κ2) is 9.74. The third-order valence-electron chi connectivity index (χ3n) is 6.94. The molecule has 5 rings (SSSR count). The van der Waals surface area contributed by atoms with Crippen LogP contribution in [0.4, 0.5) is 5.69 Å². The van der Waals surface area contributed by atoms with Crippen LogP contribution in [0.15, 0.2) is 42.5 Å². The normalized spacial score (nSPS) is 25.1. The number of aliphatic hydroxyl groups is 1. The second-order valence-corrected chi connectivity index (χ2v) is 9.18. The van der Waals surface area contributed by atoms with Crippen molar-refractivity contribution in [2.45, 2.75) is 50.0 Å². The van der Waals surface area contributed by atoms with E-state index in [0.717, 1.165) is 17.7 Å². The van der Waals surface area contributed by atoms with Crippen LogP contribution in [0.3, 0.4) is 0 Å². The Labute approximate surface area is 198 Å². The number of amides is 2. The molecule has 8 nitrogen and oxygen atoms in total. The molecule has 4 atom stereocenters. The summed E-state index contributed by atoms with van der Waals surface area (Å²) in [6.45, 7) is 1.11. The number of ether oxygens (including phenoxy) is 3. The summed E-state index contributed by atoms with van der Waals surface area (Å²) >= 11 is 0. The first-order valence-electron chi connectivity index (χ1n) is 11.8. The smallest absolute Gasteiger partial charge is 0.250 e. The van der Waals surface area contributed by atoms with Gasteiger partial charge in [0.25, 0.3) is 0 Å². The van der Waals surface area contributed by atoms with E-state index in [9.17, 15) is 14.7 Å². The molecule has 3 aliphatic rings. The molecule has 34 heavy (non-hydrogen) atoms. The molecule has 2 N–H and O–H groups in total. The van der Waals surface area contributed by atoms with Crippen molar-refractivity contribution in [3.63, 3.8) is 0 Å². The summed E-state index contributed by atoms with van der Waals surface area (Å²) in [5.74, 6) is 0.528. The molecule has 2 aromatic rings. The maximum Gasteiger partial charge on any atom is 0.250 e. The van der Waals surface area contributed by atoms with Crippen LogP contribution in [-0.4, -0.2) is 67.0 Å². The number of nitrogens with zero attached hydrogens (tertiary/aromatic N) is 1. The van der Waals surface area contributed by atoms with E-state index in [1.165, 1.54) is 18.2 Å². The molecule has 1 saturated heterocycles. The van der Waals surface area contributed by atoms with E-state index in [1.807, 2.05) is 29.2 Å². The molecule has 3 heterocycles. The summed E-state index contributed by atoms with van der Waals surface area (Å²) in [5.41, 5.74) is 4.13. The van der Waals surface area contributed by atoms with E-state index in [-0.39, 0.29) is 49.6 Å². The van der Waals surface area contributed by atoms with Crippen LogP contribution >= 0.6 is 0 Å². The van der Waals surface area contributed by atoms with E-state index in [4.69, 9.17) is 14.2 Å². The molecule has 2 amide bonds. The van der Waals surface area contributed by atoms with E-state index in [1.54, 1.807) is 6.07 Å². The Bertz CT molecular complexity index is 1070. The van der Waals surface area contributed by atoms with Gasteiger partial charge in [-0.1, -0.05) is 24.3 Å². The fourth-order valence-electron chi connectivity index (χ4n) is 5.33. The number of hydrogen-bond acceptors (Lipinski definition) is 6. The zero-order valence-corrected chi connectivity index (χ0v) is 19.2. The number of carbonyl (C=O) groups is 2. The number of hydrogen-bond donors (Lipinski definition) is 2. The minimum absolute atomic E-state index is 0.0226. The average molecular weight is 467 g/mol. The minimum atomic E-state index is -0.516. The highest BCUT2D eigenvalue weighted by Gasteiger charge is 2.46. The third-order valence-corrected chi connectivity index (χ3v) is 6.94. The number of rotatable bonds is 6. The largest absolute Gasteiger partial charge is 0.487 e. The van der Waals surface area contributed by atoms with Crippen molar-refractivity contribution < 1.29 is 28.9 Å². The number of fused-ring (bicyclic) bond motifs is 4. The van der Waals surface area contributed by atoms with Gasteiger partial charge in [-0.3, -0.25) is 9.59 Å². The van der Waals surface area contributed by atoms with Crippen molar-refractivity contribution in [2.75, 3.05) is 32.2 Å². The molecule has 0 saturated carbocycles. The van der Waals surface area contributed by atoms with Crippen molar-refractivity contribution in [2.24, 2.45) is 0 Å². The molecule has 2 aromatic carbocycles. The van der Waals surface area contributed by atoms with E-state index < -0.39 is 6.10 Å². The zero-order chi connectivity index (χ0) is 23.7. The standard InChI is InChI=1S/C26H30N2O6/c1-32-15-24(30)27-18-6-7-22-20(10-18)21-11-19(33-23(14-29)26(21)34-22)12-25(31)28-9-8-16-4-2-3-5-17(16)13-28/h2-7,10,19,21,23,26,29H,8-9,11-15H2,1H3,(H,27,30)/t19-,21-,23-,26+/m1/s1. The number of benzene rings is 2. The summed E-state index contributed by atoms with van der Waals surface area (Å²) in [5, 5.41) is 12.8. The van der Waals surface area contributed by atoms with Crippen molar-refractivity contribution in [3.8, 4) is 5.75 Å². The predicted octanol–water partition coefficient (Wildman–Crippen LogP) is 2.24. The Morgan fingerprint density at radius 1 is 1.21 bits per heavy atom. The van der Waals surface area contributed by atoms with Crippen molar-refractivity contribution in [1.29, 1.82) is 0 Å². The molecule has 0 aromatic heterocycles. The second-order valence-electron chi connectivity index (χ2n) is 9.18. The highest BCUT2D eigenvalue weighted by Crippen LogP contribution is 2.47. The van der Waals surface area contributed by atoms with Gasteiger partial charge in [-0.2, -0.15) is 0 Å². The first-order chi connectivity index (χ1) is 16.6. The number of methoxy groups -OCH3 is 1. The lowest BCUT2D eigenvalue weighted by Crippen LogP contribution is -2.48. The first kappa shape index (κ1) is 22.8. The SMILES string of the molecule is COCC(=O)Nc1ccc2c(c1)[C@H]1C[C@H](CC(=O)N3CCc4ccccc4C3)O[C@H](CO)[C@H]1O2. The monoisotopic (exact) mass is 466 g/mol. The molecule has 8 heteroatoms. The lowest BCUT2D eigenvalue weighted by Gasteiger charge is -2.38. The molecule has 1 fully saturated rings. The average Bonchev–Trinajstić information content (AvgIpc) is 3.21. The maximum atomic E-state index is 13.1. The lowest BCUT2D eigenvalue weighted by molar-refractivity contribution is -0.149. The number of aliphatic hydroxyl groups excluding tert-OH is 1. The quantitative estimate of drug-likeness (QED) is 0.678. The van der Waals surface area contributed by atoms with Crippen molar-refractivity contribution in [3.05, 3.63) is 59.2 Å². The summed E-state index contributed by atoms with van der Waals surface area (Å²) in [6, 6.07) is 13.8. The molecule has 0 spiro atoms. The van der Waals surface area contributed by atoms with E-state index in [0.29, 0.717) is 25.2 Å². The maximum absolute atomic E-state index is 13.1. The van der Waals surface area contributed by atoms with Crippen LogP contribution in [0, 0.1) is 0 Å². The van der Waals surface area contributed by atoms with Gasteiger partial charge in [0, 0.05) is 37.4 Å². The molecule has 3 aliphatic heterocycles. The molecule has 0 unspecified atom stereocenters. The lowest BCUT2D eigenvalue weighted by atomic mass is 9.84. The molecule has 0 aliphatic carbocycles. The predicted molar refractivity (Wildman–Crippen MR) is 125 cm³/mol. The molecule has 180 valence electrons. The van der Waals surface area contributed by atoms with Gasteiger partial charge < -0.3 is 29.5 Å². The highest BCUT2D eigenvalue weighted by atomic mass is 16.6. The molecule has 0 radical (unpaired) electrons. The van der Waals surface area contributed by atoms with Crippen LogP contribution in [-0.2, 0) is 32.0 Å². The van der Waals surface area contributed by atoms with Gasteiger partial charge >= 0.3 is 0 Å². The number of nitrogens with one attached hydrogen (secondary N) is 1. The number of anilines is 1. The van der Waals surface area contributed by atoms with E-state index in [2.05, 4.69) is 17.4 Å². The van der Waals surface area contributed by atoms with Crippen LogP contribution in [0.2, 0.25) is 0 Å². The van der Waals surface area contributed by atoms with Gasteiger partial charge in [-0.15, -0.1) is 0 Å². The Morgan fingerprint density at radius 3 is 2.82 bits per heavy atom. The van der Waals surface area contributed by atoms with Crippen molar-refractivity contribution >= 4 is 17.5 Å². The van der Waals surface area contributed by atoms with Gasteiger partial charge in [0.1, 0.15) is 24.6 Å². The zero-order valence-electron chi connectivity index (χ0n) is 19.2. The Morgan fingerprint density at radius 2 is 2.03 bits per heavy atom. The molecule has 0 bridgehead atoms. The van der Waals surface area contributed by atoms with Gasteiger partial charge in [-0.25, -0.2) is 0 Å². The van der Waals surface area contributed by atoms with Gasteiger partial charge in [0.05, 0.1) is 19.1 Å². The van der Waals surface area contributed by atoms with Gasteiger partial charge in [0.2, 0.25) is 11.8 Å². The summed E-state index contributed by atoms with van der Waals surface area (Å²) < 4.78 is 17.1. The summed E-state index contributed by atoms with van der Waals surface area (Å²) in [7, 11) is 1.47. The van der Waals surface area contributed by atoms with Gasteiger partial charge in [0.15, 0.2) is 0 Å². The van der Waals surface area contributed by atoms with Gasteiger partial charge in [-0.05, 0) is 42.2 Å². The van der Waals surface area contributed by atoms with Crippen LogP contribution < -0.4 is 10.1 Å². The molecular weight excluding hydrogens is 436 g/mol. The first-order valence-corrected chi connectivity index (χ1v) is 11.8. The summed E-state index contributed by atoms with van der Waals surface area (Å²) in [6.07, 6.45) is 0.581. The van der Waals surface area contributed by atoms with Crippen molar-refractivity contribution in [1.82, 2.24) is 4.90 Å². The van der Waals surface area contributed by atoms with E-state index >= 15 is 0 Å². The summed E-state index contributed by atoms with van der Waals surface area (Å²) in [4.78, 5) is 27.0. The topological polar surface area (TPSA) is 97.3 Å². The third kappa shape index (κ3) is 4.53. The van der Waals surface area contributed by atoms with Crippen LogP contribution in [0.1, 0.15) is 35.4 Å². The Balaban J connectivity index is 1.29. The molecular formula is C26H30N2O6. The Hall–Kier alpha value is -2.94. The fraction of sp³-hybridized carbons (Fsp3) is 0.462. The minimum Gasteiger partial charge on any atom is -0.487 e. The fourth-order valence-corrected chi connectivity index (χ4v) is 5.33. The number of carbonyl (C=O) groups excluding carboxylic acids is 2. The van der Waals surface area contributed by atoms with Crippen LogP contribution in [0.5, 0.6) is 5.75 Å². The Kier molecular flexibility index (Phi) is 6.54.